The predicted octanol–water partition coefficient (Wildman–Crippen LogP) is 5.31. The van der Waals surface area contributed by atoms with Crippen LogP contribution in [0, 0.1) is 0 Å². The van der Waals surface area contributed by atoms with Crippen LogP contribution < -0.4 is 9.04 Å². The van der Waals surface area contributed by atoms with Gasteiger partial charge in [-0.1, -0.05) is 28.8 Å². The van der Waals surface area contributed by atoms with E-state index in [9.17, 15) is 8.42 Å². The molecular weight excluding hydrogens is 464 g/mol. The molecule has 0 N–H and O–H groups in total. The zero-order valence-corrected chi connectivity index (χ0v) is 20.0. The third-order valence-corrected chi connectivity index (χ3v) is 7.84. The number of ether oxygens (including phenoxy) is 1. The van der Waals surface area contributed by atoms with Crippen LogP contribution in [-0.4, -0.2) is 46.6 Å². The Morgan fingerprint density at radius 2 is 1.57 bits per heavy atom. The first-order valence-electron chi connectivity index (χ1n) is 10.7. The molecule has 30 heavy (non-hydrogen) atoms. The molecule has 0 aliphatic carbocycles. The summed E-state index contributed by atoms with van der Waals surface area (Å²) in [5.41, 5.74) is 0.604. The Balaban J connectivity index is 1.41. The third kappa shape index (κ3) is 6.46. The third-order valence-electron chi connectivity index (χ3n) is 5.51. The molecule has 5 nitrogen and oxygen atoms in total. The molecule has 0 atom stereocenters. The van der Waals surface area contributed by atoms with E-state index in [2.05, 4.69) is 20.8 Å². The maximum absolute atomic E-state index is 12.8. The monoisotopic (exact) mass is 494 g/mol. The summed E-state index contributed by atoms with van der Waals surface area (Å²) < 4.78 is 33.5. The smallest absolute Gasteiger partial charge is 0.264 e. The highest BCUT2D eigenvalue weighted by atomic mass is 79.9. The summed E-state index contributed by atoms with van der Waals surface area (Å²) >= 11 is 3.33. The summed E-state index contributed by atoms with van der Waals surface area (Å²) in [6, 6.07) is 13.9. The van der Waals surface area contributed by atoms with Crippen LogP contribution in [0.4, 0.5) is 5.69 Å². The summed E-state index contributed by atoms with van der Waals surface area (Å²) in [5.74, 6) is 0.769. The number of likely N-dealkylation sites (tertiary alicyclic amines) is 1. The maximum Gasteiger partial charge on any atom is 0.264 e. The lowest BCUT2D eigenvalue weighted by Crippen LogP contribution is -2.26. The van der Waals surface area contributed by atoms with Crippen molar-refractivity contribution >= 4 is 31.6 Å². The molecule has 2 aromatic rings. The minimum absolute atomic E-state index is 0.262. The zero-order valence-electron chi connectivity index (χ0n) is 17.6. The second-order valence-corrected chi connectivity index (χ2v) is 10.6. The van der Waals surface area contributed by atoms with Crippen LogP contribution in [0.2, 0.25) is 0 Å². The Hall–Kier alpha value is -1.57. The summed E-state index contributed by atoms with van der Waals surface area (Å²) in [6.45, 7) is 4.48. The van der Waals surface area contributed by atoms with Crippen molar-refractivity contribution in [3.63, 3.8) is 0 Å². The SMILES string of the molecule is CN(c1ccc(OCCCCCCN2CCCC2)cc1)S(=O)(=O)c1ccc(Br)cc1. The second-order valence-electron chi connectivity index (χ2n) is 7.73. The van der Waals surface area contributed by atoms with Crippen molar-refractivity contribution in [1.82, 2.24) is 4.90 Å². The number of hydrogen-bond donors (Lipinski definition) is 0. The van der Waals surface area contributed by atoms with Crippen LogP contribution in [0.15, 0.2) is 57.9 Å². The van der Waals surface area contributed by atoms with Crippen molar-refractivity contribution < 1.29 is 13.2 Å². The molecule has 1 aliphatic heterocycles. The summed E-state index contributed by atoms with van der Waals surface area (Å²) in [6.07, 6.45) is 7.46. The molecule has 1 saturated heterocycles. The number of rotatable bonds is 11. The fourth-order valence-corrected chi connectivity index (χ4v) is 5.10. The van der Waals surface area contributed by atoms with Gasteiger partial charge >= 0.3 is 0 Å². The Labute approximate surface area is 189 Å². The normalized spacial score (nSPS) is 14.7. The number of anilines is 1. The van der Waals surface area contributed by atoms with Gasteiger partial charge in [0.05, 0.1) is 17.2 Å². The number of halogens is 1. The van der Waals surface area contributed by atoms with E-state index in [1.807, 2.05) is 12.1 Å². The van der Waals surface area contributed by atoms with Crippen LogP contribution >= 0.6 is 15.9 Å². The Kier molecular flexibility index (Phi) is 8.60. The molecule has 7 heteroatoms. The molecule has 0 spiro atoms. The average molecular weight is 495 g/mol. The molecule has 1 heterocycles. The number of unbranched alkanes of at least 4 members (excludes halogenated alkanes) is 3. The molecule has 0 radical (unpaired) electrons. The predicted molar refractivity (Wildman–Crippen MR) is 126 cm³/mol. The first kappa shape index (κ1) is 23.1. The van der Waals surface area contributed by atoms with Gasteiger partial charge in [0, 0.05) is 11.5 Å². The summed E-state index contributed by atoms with van der Waals surface area (Å²) in [4.78, 5) is 2.82. The van der Waals surface area contributed by atoms with Gasteiger partial charge in [0.2, 0.25) is 0 Å². The number of sulfonamides is 1. The largest absolute Gasteiger partial charge is 0.494 e. The lowest BCUT2D eigenvalue weighted by molar-refractivity contribution is 0.297. The molecular formula is C23H31BrN2O3S. The van der Waals surface area contributed by atoms with Crippen molar-refractivity contribution in [1.29, 1.82) is 0 Å². The highest BCUT2D eigenvalue weighted by Gasteiger charge is 2.21. The molecule has 0 bridgehead atoms. The molecule has 0 aromatic heterocycles. The molecule has 0 saturated carbocycles. The van der Waals surface area contributed by atoms with Crippen LogP contribution in [0.3, 0.4) is 0 Å². The van der Waals surface area contributed by atoms with Crippen LogP contribution in [0.1, 0.15) is 38.5 Å². The zero-order chi connectivity index (χ0) is 21.4. The molecule has 0 amide bonds. The van der Waals surface area contributed by atoms with E-state index < -0.39 is 10.0 Å². The maximum atomic E-state index is 12.8. The van der Waals surface area contributed by atoms with Crippen LogP contribution in [-0.2, 0) is 10.0 Å². The Bertz CT molecular complexity index is 880. The fourth-order valence-electron chi connectivity index (χ4n) is 3.64. The van der Waals surface area contributed by atoms with Gasteiger partial charge in [0.15, 0.2) is 0 Å². The highest BCUT2D eigenvalue weighted by molar-refractivity contribution is 9.10. The van der Waals surface area contributed by atoms with Crippen molar-refractivity contribution in [3.05, 3.63) is 53.0 Å². The van der Waals surface area contributed by atoms with E-state index in [-0.39, 0.29) is 4.90 Å². The van der Waals surface area contributed by atoms with Crippen molar-refractivity contribution in [2.75, 3.05) is 37.6 Å². The lowest BCUT2D eigenvalue weighted by atomic mass is 10.2. The second kappa shape index (κ2) is 11.2. The minimum Gasteiger partial charge on any atom is -0.494 e. The number of hydrogen-bond acceptors (Lipinski definition) is 4. The van der Waals surface area contributed by atoms with Gasteiger partial charge in [-0.2, -0.15) is 0 Å². The van der Waals surface area contributed by atoms with E-state index in [1.54, 1.807) is 43.4 Å². The number of nitrogens with zero attached hydrogens (tertiary/aromatic N) is 2. The minimum atomic E-state index is -3.59. The van der Waals surface area contributed by atoms with Gasteiger partial charge in [0.25, 0.3) is 10.0 Å². The molecule has 1 aliphatic rings. The van der Waals surface area contributed by atoms with E-state index in [0.717, 1.165) is 16.6 Å². The quantitative estimate of drug-likeness (QED) is 0.397. The standard InChI is InChI=1S/C23H31BrN2O3S/c1-25(30(27,28)23-14-8-20(24)9-15-23)21-10-12-22(13-11-21)29-19-7-3-2-4-16-26-17-5-6-18-26/h8-15H,2-7,16-19H2,1H3. The van der Waals surface area contributed by atoms with Crippen molar-refractivity contribution in [2.45, 2.75) is 43.4 Å². The fraction of sp³-hybridized carbons (Fsp3) is 0.478. The van der Waals surface area contributed by atoms with E-state index in [1.165, 1.54) is 56.0 Å². The van der Waals surface area contributed by atoms with Crippen LogP contribution in [0.25, 0.3) is 0 Å². The molecule has 3 rings (SSSR count). The first-order chi connectivity index (χ1) is 14.5. The van der Waals surface area contributed by atoms with Gasteiger partial charge in [-0.05, 0) is 93.8 Å². The summed E-state index contributed by atoms with van der Waals surface area (Å²) in [5, 5.41) is 0. The average Bonchev–Trinajstić information content (AvgIpc) is 3.27. The first-order valence-corrected chi connectivity index (χ1v) is 12.9. The topological polar surface area (TPSA) is 49.9 Å². The van der Waals surface area contributed by atoms with Gasteiger partial charge in [0.1, 0.15) is 5.75 Å². The van der Waals surface area contributed by atoms with E-state index in [4.69, 9.17) is 4.74 Å². The van der Waals surface area contributed by atoms with Crippen molar-refractivity contribution in [2.24, 2.45) is 0 Å². The van der Waals surface area contributed by atoms with Gasteiger partial charge < -0.3 is 9.64 Å². The molecule has 164 valence electrons. The van der Waals surface area contributed by atoms with Crippen LogP contribution in [0.5, 0.6) is 5.75 Å². The van der Waals surface area contributed by atoms with Crippen molar-refractivity contribution in [3.8, 4) is 5.75 Å². The molecule has 0 unspecified atom stereocenters. The molecule has 2 aromatic carbocycles. The van der Waals surface area contributed by atoms with Gasteiger partial charge in [-0.3, -0.25) is 4.31 Å². The lowest BCUT2D eigenvalue weighted by Gasteiger charge is -2.20. The Morgan fingerprint density at radius 1 is 0.933 bits per heavy atom. The molecule has 1 fully saturated rings. The van der Waals surface area contributed by atoms with Gasteiger partial charge in [-0.15, -0.1) is 0 Å². The van der Waals surface area contributed by atoms with Gasteiger partial charge in [-0.25, -0.2) is 8.42 Å². The van der Waals surface area contributed by atoms with E-state index >= 15 is 0 Å². The van der Waals surface area contributed by atoms with E-state index in [0.29, 0.717) is 12.3 Å². The number of benzene rings is 2. The highest BCUT2D eigenvalue weighted by Crippen LogP contribution is 2.25. The summed E-state index contributed by atoms with van der Waals surface area (Å²) in [7, 11) is -2.02. The Morgan fingerprint density at radius 3 is 2.23 bits per heavy atom.